The number of anilines is 1. The van der Waals surface area contributed by atoms with Crippen LogP contribution in [0.1, 0.15) is 56.8 Å². The third-order valence-electron chi connectivity index (χ3n) is 4.23. The van der Waals surface area contributed by atoms with E-state index in [2.05, 4.69) is 29.1 Å². The lowest BCUT2D eigenvalue weighted by molar-refractivity contribution is -0.0731. The summed E-state index contributed by atoms with van der Waals surface area (Å²) in [6.07, 6.45) is 4.88. The van der Waals surface area contributed by atoms with Gasteiger partial charge in [0.05, 0.1) is 17.8 Å². The highest BCUT2D eigenvalue weighted by Crippen LogP contribution is 2.40. The van der Waals surface area contributed by atoms with E-state index in [1.54, 1.807) is 0 Å². The zero-order valence-corrected chi connectivity index (χ0v) is 13.3. The van der Waals surface area contributed by atoms with E-state index in [4.69, 9.17) is 9.47 Å². The van der Waals surface area contributed by atoms with Crippen LogP contribution in [0.25, 0.3) is 0 Å². The molecular weight excluding hydrogens is 266 g/mol. The zero-order valence-electron chi connectivity index (χ0n) is 13.3. The summed E-state index contributed by atoms with van der Waals surface area (Å²) in [7, 11) is 1.90. The van der Waals surface area contributed by atoms with Crippen molar-refractivity contribution < 1.29 is 9.47 Å². The van der Waals surface area contributed by atoms with Crippen LogP contribution < -0.4 is 10.1 Å². The zero-order chi connectivity index (χ0) is 15.0. The number of hydrogen-bond acceptors (Lipinski definition) is 5. The van der Waals surface area contributed by atoms with Gasteiger partial charge in [0.15, 0.2) is 0 Å². The fourth-order valence-corrected chi connectivity index (χ4v) is 2.99. The van der Waals surface area contributed by atoms with Gasteiger partial charge in [0.2, 0.25) is 5.88 Å². The minimum Gasteiger partial charge on any atom is -0.474 e. The summed E-state index contributed by atoms with van der Waals surface area (Å²) in [6.45, 7) is 6.23. The lowest BCUT2D eigenvalue weighted by Crippen LogP contribution is -2.36. The maximum Gasteiger partial charge on any atom is 0.222 e. The molecule has 2 unspecified atom stereocenters. The van der Waals surface area contributed by atoms with Crippen LogP contribution in [0.4, 0.5) is 5.82 Å². The van der Waals surface area contributed by atoms with Crippen LogP contribution in [-0.2, 0) is 4.74 Å². The first-order chi connectivity index (χ1) is 10.1. The molecule has 1 N–H and O–H groups in total. The molecule has 1 aromatic rings. The van der Waals surface area contributed by atoms with Crippen LogP contribution in [-0.4, -0.2) is 35.3 Å². The van der Waals surface area contributed by atoms with Gasteiger partial charge in [-0.1, -0.05) is 0 Å². The number of hydrogen-bond donors (Lipinski definition) is 1. The van der Waals surface area contributed by atoms with Gasteiger partial charge >= 0.3 is 0 Å². The van der Waals surface area contributed by atoms with Crippen LogP contribution in [0.2, 0.25) is 0 Å². The summed E-state index contributed by atoms with van der Waals surface area (Å²) in [6, 6.07) is 0. The van der Waals surface area contributed by atoms with E-state index in [1.165, 1.54) is 12.8 Å². The Morgan fingerprint density at radius 3 is 2.38 bits per heavy atom. The van der Waals surface area contributed by atoms with Crippen LogP contribution in [0.5, 0.6) is 5.88 Å². The molecule has 21 heavy (non-hydrogen) atoms. The SMILES string of the molecule is CNc1nc(C2CC2)nc(OC2CC(C)OC(C)C2)c1C. The van der Waals surface area contributed by atoms with Gasteiger partial charge < -0.3 is 14.8 Å². The molecule has 1 aliphatic heterocycles. The minimum atomic E-state index is 0.175. The highest BCUT2D eigenvalue weighted by Gasteiger charge is 2.30. The second kappa shape index (κ2) is 5.79. The highest BCUT2D eigenvalue weighted by molar-refractivity contribution is 5.48. The van der Waals surface area contributed by atoms with Crippen molar-refractivity contribution in [3.8, 4) is 5.88 Å². The number of aromatic nitrogens is 2. The molecule has 3 rings (SSSR count). The summed E-state index contributed by atoms with van der Waals surface area (Å²) in [5.74, 6) is 3.07. The first-order valence-electron chi connectivity index (χ1n) is 7.95. The molecule has 0 amide bonds. The second-order valence-electron chi connectivity index (χ2n) is 6.35. The number of nitrogens with zero attached hydrogens (tertiary/aromatic N) is 2. The minimum absolute atomic E-state index is 0.175. The van der Waals surface area contributed by atoms with E-state index < -0.39 is 0 Å². The molecule has 0 bridgehead atoms. The molecule has 2 atom stereocenters. The van der Waals surface area contributed by atoms with Crippen molar-refractivity contribution in [1.29, 1.82) is 0 Å². The molecule has 5 heteroatoms. The predicted molar refractivity (Wildman–Crippen MR) is 81.9 cm³/mol. The standard InChI is InChI=1S/C16H25N3O2/c1-9-7-13(8-10(2)20-9)21-16-11(3)14(17-4)18-15(19-16)12-5-6-12/h9-10,12-13H,5-8H2,1-4H3,(H,17,18,19). The fraction of sp³-hybridized carbons (Fsp3) is 0.750. The van der Waals surface area contributed by atoms with Crippen LogP contribution in [0, 0.1) is 6.92 Å². The Balaban J connectivity index is 1.81. The van der Waals surface area contributed by atoms with Crippen molar-refractivity contribution in [1.82, 2.24) is 9.97 Å². The van der Waals surface area contributed by atoms with Gasteiger partial charge in [0, 0.05) is 25.8 Å². The van der Waals surface area contributed by atoms with Gasteiger partial charge in [0.25, 0.3) is 0 Å². The van der Waals surface area contributed by atoms with E-state index in [-0.39, 0.29) is 18.3 Å². The maximum atomic E-state index is 6.22. The van der Waals surface area contributed by atoms with E-state index in [0.717, 1.165) is 35.9 Å². The topological polar surface area (TPSA) is 56.3 Å². The molecule has 0 radical (unpaired) electrons. The first-order valence-corrected chi connectivity index (χ1v) is 7.95. The van der Waals surface area contributed by atoms with Crippen molar-refractivity contribution >= 4 is 5.82 Å². The van der Waals surface area contributed by atoms with Crippen LogP contribution >= 0.6 is 0 Å². The Bertz CT molecular complexity index is 506. The number of nitrogens with one attached hydrogen (secondary N) is 1. The summed E-state index contributed by atoms with van der Waals surface area (Å²) < 4.78 is 12.0. The van der Waals surface area contributed by atoms with Crippen LogP contribution in [0.15, 0.2) is 0 Å². The molecule has 0 spiro atoms. The van der Waals surface area contributed by atoms with Gasteiger partial charge in [-0.25, -0.2) is 4.98 Å². The van der Waals surface area contributed by atoms with Gasteiger partial charge in [-0.05, 0) is 33.6 Å². The summed E-state index contributed by atoms with van der Waals surface area (Å²) >= 11 is 0. The summed E-state index contributed by atoms with van der Waals surface area (Å²) in [5, 5.41) is 3.16. The quantitative estimate of drug-likeness (QED) is 0.924. The fourth-order valence-electron chi connectivity index (χ4n) is 2.99. The number of rotatable bonds is 4. The second-order valence-corrected chi connectivity index (χ2v) is 6.35. The normalized spacial score (nSPS) is 29.2. The molecule has 2 heterocycles. The van der Waals surface area contributed by atoms with Crippen LogP contribution in [0.3, 0.4) is 0 Å². The Kier molecular flexibility index (Phi) is 4.02. The molecule has 1 saturated heterocycles. The molecule has 1 aromatic heterocycles. The third kappa shape index (κ3) is 3.28. The monoisotopic (exact) mass is 291 g/mol. The summed E-state index contributed by atoms with van der Waals surface area (Å²) in [5.41, 5.74) is 0.994. The average Bonchev–Trinajstić information content (AvgIpc) is 3.24. The smallest absolute Gasteiger partial charge is 0.222 e. The molecule has 0 aromatic carbocycles. The van der Waals surface area contributed by atoms with E-state index >= 15 is 0 Å². The van der Waals surface area contributed by atoms with Crippen molar-refractivity contribution in [2.24, 2.45) is 0 Å². The summed E-state index contributed by atoms with van der Waals surface area (Å²) in [4.78, 5) is 9.28. The first kappa shape index (κ1) is 14.6. The molecule has 1 aliphatic carbocycles. The maximum absolute atomic E-state index is 6.22. The van der Waals surface area contributed by atoms with Crippen molar-refractivity contribution in [3.05, 3.63) is 11.4 Å². The molecule has 1 saturated carbocycles. The molecular formula is C16H25N3O2. The molecule has 2 aliphatic rings. The molecule has 116 valence electrons. The molecule has 2 fully saturated rings. The van der Waals surface area contributed by atoms with Gasteiger partial charge in [-0.3, -0.25) is 0 Å². The molecule has 5 nitrogen and oxygen atoms in total. The van der Waals surface area contributed by atoms with Gasteiger partial charge in [-0.15, -0.1) is 0 Å². The van der Waals surface area contributed by atoms with Crippen molar-refractivity contribution in [2.45, 2.75) is 70.7 Å². The Labute approximate surface area is 126 Å². The Morgan fingerprint density at radius 1 is 1.14 bits per heavy atom. The lowest BCUT2D eigenvalue weighted by atomic mass is 10.0. The Morgan fingerprint density at radius 2 is 1.81 bits per heavy atom. The lowest BCUT2D eigenvalue weighted by Gasteiger charge is -2.32. The Hall–Kier alpha value is -1.36. The van der Waals surface area contributed by atoms with E-state index in [1.807, 2.05) is 14.0 Å². The van der Waals surface area contributed by atoms with Gasteiger partial charge in [-0.2, -0.15) is 4.98 Å². The third-order valence-corrected chi connectivity index (χ3v) is 4.23. The van der Waals surface area contributed by atoms with Crippen molar-refractivity contribution in [3.63, 3.8) is 0 Å². The number of ether oxygens (including phenoxy) is 2. The predicted octanol–water partition coefficient (Wildman–Crippen LogP) is 3.04. The van der Waals surface area contributed by atoms with E-state index in [0.29, 0.717) is 5.92 Å². The van der Waals surface area contributed by atoms with Crippen molar-refractivity contribution in [2.75, 3.05) is 12.4 Å². The van der Waals surface area contributed by atoms with Gasteiger partial charge in [0.1, 0.15) is 17.7 Å². The largest absolute Gasteiger partial charge is 0.474 e. The average molecular weight is 291 g/mol. The highest BCUT2D eigenvalue weighted by atomic mass is 16.5. The van der Waals surface area contributed by atoms with E-state index in [9.17, 15) is 0 Å².